The maximum absolute atomic E-state index is 11.9. The molecule has 0 aromatic carbocycles. The van der Waals surface area contributed by atoms with E-state index in [0.29, 0.717) is 18.5 Å². The van der Waals surface area contributed by atoms with Gasteiger partial charge in [-0.1, -0.05) is 18.3 Å². The molecule has 0 spiro atoms. The lowest BCUT2D eigenvalue weighted by atomic mass is 10.1. The van der Waals surface area contributed by atoms with Crippen molar-refractivity contribution in [2.45, 2.75) is 51.2 Å². The number of anilines is 1. The summed E-state index contributed by atoms with van der Waals surface area (Å²) < 4.78 is 0. The quantitative estimate of drug-likeness (QED) is 0.897. The van der Waals surface area contributed by atoms with E-state index >= 15 is 0 Å². The van der Waals surface area contributed by atoms with Crippen molar-refractivity contribution in [2.24, 2.45) is 0 Å². The van der Waals surface area contributed by atoms with Crippen LogP contribution >= 0.6 is 11.3 Å². The van der Waals surface area contributed by atoms with Crippen molar-refractivity contribution in [3.63, 3.8) is 0 Å². The van der Waals surface area contributed by atoms with Gasteiger partial charge in [0.2, 0.25) is 5.91 Å². The summed E-state index contributed by atoms with van der Waals surface area (Å²) in [5.74, 6) is 0.262. The Bertz CT molecular complexity index is 542. The number of hydrogen-bond acceptors (Lipinski definition) is 5. The van der Waals surface area contributed by atoms with Gasteiger partial charge in [-0.2, -0.15) is 0 Å². The highest BCUT2D eigenvalue weighted by Gasteiger charge is 2.38. The first-order valence-corrected chi connectivity index (χ1v) is 8.83. The van der Waals surface area contributed by atoms with Crippen molar-refractivity contribution in [1.82, 2.24) is 15.2 Å². The number of nitrogens with zero attached hydrogens (tertiary/aromatic N) is 3. The molecule has 2 bridgehead atoms. The highest BCUT2D eigenvalue weighted by molar-refractivity contribution is 7.15. The molecule has 2 atom stereocenters. The summed E-state index contributed by atoms with van der Waals surface area (Å²) >= 11 is 1.81. The Labute approximate surface area is 129 Å². The fraction of sp³-hybridized carbons (Fsp3) is 0.733. The Balaban J connectivity index is 1.57. The number of carbonyl (C=O) groups excluding carboxylic acids is 1. The molecule has 2 fully saturated rings. The Kier molecular flexibility index (Phi) is 3.38. The zero-order valence-corrected chi connectivity index (χ0v) is 13.3. The first-order chi connectivity index (χ1) is 10.3. The molecule has 1 aromatic heterocycles. The van der Waals surface area contributed by atoms with Gasteiger partial charge in [-0.3, -0.25) is 4.79 Å². The molecule has 0 aliphatic carbocycles. The zero-order chi connectivity index (χ0) is 14.4. The van der Waals surface area contributed by atoms with Gasteiger partial charge in [-0.15, -0.1) is 0 Å². The molecule has 0 saturated carbocycles. The largest absolute Gasteiger partial charge is 0.340 e. The molecule has 1 amide bonds. The molecule has 114 valence electrons. The van der Waals surface area contributed by atoms with Gasteiger partial charge in [-0.25, -0.2) is 4.98 Å². The van der Waals surface area contributed by atoms with Crippen LogP contribution in [0.3, 0.4) is 0 Å². The average Bonchev–Trinajstić information content (AvgIpc) is 3.03. The van der Waals surface area contributed by atoms with Gasteiger partial charge >= 0.3 is 0 Å². The molecule has 0 radical (unpaired) electrons. The maximum Gasteiger partial charge on any atom is 0.222 e. The van der Waals surface area contributed by atoms with Crippen LogP contribution in [-0.4, -0.2) is 47.5 Å². The molecule has 3 aliphatic heterocycles. The lowest BCUT2D eigenvalue weighted by Crippen LogP contribution is -2.51. The summed E-state index contributed by atoms with van der Waals surface area (Å²) in [6, 6.07) is 1.23. The third-order valence-corrected chi connectivity index (χ3v) is 6.07. The predicted octanol–water partition coefficient (Wildman–Crippen LogP) is 1.38. The highest BCUT2D eigenvalue weighted by Crippen LogP contribution is 2.37. The number of piperazine rings is 1. The summed E-state index contributed by atoms with van der Waals surface area (Å²) in [6.07, 6.45) is 4.08. The summed E-state index contributed by atoms with van der Waals surface area (Å²) in [7, 11) is 0. The molecule has 1 aromatic rings. The van der Waals surface area contributed by atoms with E-state index < -0.39 is 0 Å². The SMILES string of the molecule is CCC(=O)N1CCc2nc(N3C4CCC3CNC4)sc2C1. The molecule has 1 N–H and O–H groups in total. The molecule has 2 saturated heterocycles. The van der Waals surface area contributed by atoms with Crippen molar-refractivity contribution in [2.75, 3.05) is 24.5 Å². The molecule has 2 unspecified atom stereocenters. The number of thiazole rings is 1. The molecule has 21 heavy (non-hydrogen) atoms. The van der Waals surface area contributed by atoms with E-state index in [-0.39, 0.29) is 5.91 Å². The minimum Gasteiger partial charge on any atom is -0.340 e. The number of nitrogens with one attached hydrogen (secondary N) is 1. The van der Waals surface area contributed by atoms with Gasteiger partial charge in [-0.05, 0) is 12.8 Å². The lowest BCUT2D eigenvalue weighted by molar-refractivity contribution is -0.131. The first kappa shape index (κ1) is 13.5. The third-order valence-electron chi connectivity index (χ3n) is 4.98. The number of carbonyl (C=O) groups is 1. The van der Waals surface area contributed by atoms with E-state index in [0.717, 1.165) is 32.6 Å². The van der Waals surface area contributed by atoms with Crippen LogP contribution in [0.4, 0.5) is 5.13 Å². The summed E-state index contributed by atoms with van der Waals surface area (Å²) in [5, 5.41) is 4.71. The Hall–Kier alpha value is -1.14. The van der Waals surface area contributed by atoms with Crippen LogP contribution in [0.2, 0.25) is 0 Å². The smallest absolute Gasteiger partial charge is 0.222 e. The van der Waals surface area contributed by atoms with Gasteiger partial charge in [0.15, 0.2) is 5.13 Å². The minimum absolute atomic E-state index is 0.262. The molecule has 3 aliphatic rings. The van der Waals surface area contributed by atoms with Crippen molar-refractivity contribution >= 4 is 22.4 Å². The monoisotopic (exact) mass is 306 g/mol. The van der Waals surface area contributed by atoms with Gasteiger partial charge in [0, 0.05) is 49.4 Å². The van der Waals surface area contributed by atoms with Crippen LogP contribution < -0.4 is 10.2 Å². The molecule has 5 nitrogen and oxygen atoms in total. The van der Waals surface area contributed by atoms with Gasteiger partial charge < -0.3 is 15.1 Å². The fourth-order valence-corrected chi connectivity index (χ4v) is 5.09. The number of aromatic nitrogens is 1. The second-order valence-electron chi connectivity index (χ2n) is 6.24. The number of amides is 1. The third kappa shape index (κ3) is 2.25. The van der Waals surface area contributed by atoms with Crippen molar-refractivity contribution in [3.05, 3.63) is 10.6 Å². The second kappa shape index (κ2) is 5.25. The van der Waals surface area contributed by atoms with E-state index in [1.54, 1.807) is 0 Å². The normalized spacial score (nSPS) is 27.9. The Morgan fingerprint density at radius 1 is 1.38 bits per heavy atom. The standard InChI is InChI=1S/C15H22N4OS/c1-2-14(20)18-6-5-12-13(9-18)21-15(17-12)19-10-3-4-11(19)8-16-7-10/h10-11,16H,2-9H2,1H3. The van der Waals surface area contributed by atoms with Crippen LogP contribution in [0.1, 0.15) is 36.8 Å². The Morgan fingerprint density at radius 2 is 2.14 bits per heavy atom. The molecule has 4 heterocycles. The predicted molar refractivity (Wildman–Crippen MR) is 83.7 cm³/mol. The molecular weight excluding hydrogens is 284 g/mol. The van der Waals surface area contributed by atoms with E-state index in [9.17, 15) is 4.79 Å². The van der Waals surface area contributed by atoms with Gasteiger partial charge in [0.1, 0.15) is 0 Å². The number of hydrogen-bond donors (Lipinski definition) is 1. The van der Waals surface area contributed by atoms with Crippen LogP contribution in [0.5, 0.6) is 0 Å². The molecule has 6 heteroatoms. The number of rotatable bonds is 2. The van der Waals surface area contributed by atoms with E-state index in [4.69, 9.17) is 4.98 Å². The van der Waals surface area contributed by atoms with Crippen LogP contribution in [0.25, 0.3) is 0 Å². The average molecular weight is 306 g/mol. The van der Waals surface area contributed by atoms with Crippen LogP contribution in [-0.2, 0) is 17.8 Å². The van der Waals surface area contributed by atoms with E-state index in [2.05, 4.69) is 10.2 Å². The van der Waals surface area contributed by atoms with Crippen molar-refractivity contribution < 1.29 is 4.79 Å². The summed E-state index contributed by atoms with van der Waals surface area (Å²) in [6.45, 7) is 5.70. The number of fused-ring (bicyclic) bond motifs is 3. The van der Waals surface area contributed by atoms with Gasteiger partial charge in [0.05, 0.1) is 12.2 Å². The second-order valence-corrected chi connectivity index (χ2v) is 7.30. The van der Waals surface area contributed by atoms with Crippen LogP contribution in [0, 0.1) is 0 Å². The summed E-state index contributed by atoms with van der Waals surface area (Å²) in [4.78, 5) is 22.6. The molecular formula is C15H22N4OS. The van der Waals surface area contributed by atoms with Crippen molar-refractivity contribution in [1.29, 1.82) is 0 Å². The fourth-order valence-electron chi connectivity index (χ4n) is 3.82. The topological polar surface area (TPSA) is 48.5 Å². The van der Waals surface area contributed by atoms with Crippen LogP contribution in [0.15, 0.2) is 0 Å². The maximum atomic E-state index is 11.9. The van der Waals surface area contributed by atoms with Crippen molar-refractivity contribution in [3.8, 4) is 0 Å². The van der Waals surface area contributed by atoms with E-state index in [1.807, 2.05) is 23.2 Å². The lowest BCUT2D eigenvalue weighted by Gasteiger charge is -2.35. The highest BCUT2D eigenvalue weighted by atomic mass is 32.1. The Morgan fingerprint density at radius 3 is 2.86 bits per heavy atom. The van der Waals surface area contributed by atoms with E-state index in [1.165, 1.54) is 28.5 Å². The first-order valence-electron chi connectivity index (χ1n) is 8.01. The van der Waals surface area contributed by atoms with Gasteiger partial charge in [0.25, 0.3) is 0 Å². The zero-order valence-electron chi connectivity index (χ0n) is 12.5. The summed E-state index contributed by atoms with van der Waals surface area (Å²) in [5.41, 5.74) is 1.23. The molecule has 4 rings (SSSR count). The minimum atomic E-state index is 0.262.